The monoisotopic (exact) mass is 278 g/mol. The molecule has 0 saturated carbocycles. The Kier molecular flexibility index (Phi) is 4.04. The molecule has 1 aliphatic rings. The SMILES string of the molecule is CC(CN(C)C(=O)c1ccc2c(c1)CCO2)C(N)=S. The lowest BCUT2D eigenvalue weighted by molar-refractivity contribution is 0.0787. The molecule has 1 aromatic carbocycles. The lowest BCUT2D eigenvalue weighted by Gasteiger charge is -2.21. The van der Waals surface area contributed by atoms with E-state index in [0.29, 0.717) is 23.7 Å². The topological polar surface area (TPSA) is 55.6 Å². The number of hydrogen-bond acceptors (Lipinski definition) is 3. The number of carbonyl (C=O) groups is 1. The molecule has 2 rings (SSSR count). The van der Waals surface area contributed by atoms with Gasteiger partial charge < -0.3 is 15.4 Å². The molecule has 1 heterocycles. The van der Waals surface area contributed by atoms with Crippen molar-refractivity contribution in [1.29, 1.82) is 0 Å². The molecule has 0 radical (unpaired) electrons. The molecule has 1 aliphatic heterocycles. The Labute approximate surface area is 118 Å². The van der Waals surface area contributed by atoms with E-state index in [-0.39, 0.29) is 11.8 Å². The molecular weight excluding hydrogens is 260 g/mol. The van der Waals surface area contributed by atoms with Crippen molar-refractivity contribution in [1.82, 2.24) is 4.90 Å². The Morgan fingerprint density at radius 1 is 1.58 bits per heavy atom. The first-order valence-corrected chi connectivity index (χ1v) is 6.70. The first-order chi connectivity index (χ1) is 8.99. The Morgan fingerprint density at radius 3 is 3.00 bits per heavy atom. The normalized spacial score (nSPS) is 14.4. The van der Waals surface area contributed by atoms with Gasteiger partial charge >= 0.3 is 0 Å². The molecule has 0 saturated heterocycles. The van der Waals surface area contributed by atoms with Gasteiger partial charge in [-0.1, -0.05) is 19.1 Å². The summed E-state index contributed by atoms with van der Waals surface area (Å²) in [4.78, 5) is 14.4. The number of hydrogen-bond donors (Lipinski definition) is 1. The van der Waals surface area contributed by atoms with Crippen molar-refractivity contribution in [3.8, 4) is 5.75 Å². The maximum Gasteiger partial charge on any atom is 0.253 e. The van der Waals surface area contributed by atoms with Crippen LogP contribution in [0, 0.1) is 5.92 Å². The van der Waals surface area contributed by atoms with Crippen LogP contribution in [-0.4, -0.2) is 36.0 Å². The molecule has 0 aromatic heterocycles. The van der Waals surface area contributed by atoms with E-state index in [2.05, 4.69) is 0 Å². The van der Waals surface area contributed by atoms with Crippen LogP contribution in [0.25, 0.3) is 0 Å². The van der Waals surface area contributed by atoms with Crippen LogP contribution in [0.4, 0.5) is 0 Å². The fourth-order valence-electron chi connectivity index (χ4n) is 2.12. The van der Waals surface area contributed by atoms with Crippen molar-refractivity contribution in [3.05, 3.63) is 29.3 Å². The first-order valence-electron chi connectivity index (χ1n) is 6.29. The second-order valence-corrected chi connectivity index (χ2v) is 5.38. The number of carbonyl (C=O) groups excluding carboxylic acids is 1. The zero-order valence-corrected chi connectivity index (χ0v) is 12.0. The summed E-state index contributed by atoms with van der Waals surface area (Å²) in [6.45, 7) is 3.14. The van der Waals surface area contributed by atoms with Gasteiger partial charge in [-0.2, -0.15) is 0 Å². The predicted molar refractivity (Wildman–Crippen MR) is 78.6 cm³/mol. The summed E-state index contributed by atoms with van der Waals surface area (Å²) >= 11 is 4.93. The smallest absolute Gasteiger partial charge is 0.253 e. The van der Waals surface area contributed by atoms with Crippen LogP contribution in [0.15, 0.2) is 18.2 Å². The summed E-state index contributed by atoms with van der Waals surface area (Å²) in [5.41, 5.74) is 7.35. The van der Waals surface area contributed by atoms with Gasteiger partial charge in [0.25, 0.3) is 5.91 Å². The molecule has 1 atom stereocenters. The predicted octanol–water partition coefficient (Wildman–Crippen LogP) is 1.62. The average molecular weight is 278 g/mol. The second-order valence-electron chi connectivity index (χ2n) is 4.91. The van der Waals surface area contributed by atoms with Gasteiger partial charge in [-0.05, 0) is 23.8 Å². The number of nitrogens with zero attached hydrogens (tertiary/aromatic N) is 1. The van der Waals surface area contributed by atoms with E-state index in [1.807, 2.05) is 19.1 Å². The van der Waals surface area contributed by atoms with Crippen LogP contribution >= 0.6 is 12.2 Å². The van der Waals surface area contributed by atoms with E-state index in [1.165, 1.54) is 0 Å². The zero-order chi connectivity index (χ0) is 14.0. The molecule has 102 valence electrons. The van der Waals surface area contributed by atoms with Crippen molar-refractivity contribution in [2.75, 3.05) is 20.2 Å². The van der Waals surface area contributed by atoms with Crippen molar-refractivity contribution in [2.24, 2.45) is 11.7 Å². The third-order valence-electron chi connectivity index (χ3n) is 3.32. The highest BCUT2D eigenvalue weighted by Crippen LogP contribution is 2.26. The van der Waals surface area contributed by atoms with Gasteiger partial charge in [0.15, 0.2) is 0 Å². The quantitative estimate of drug-likeness (QED) is 0.850. The Bertz CT molecular complexity index is 516. The molecule has 0 fully saturated rings. The molecule has 4 nitrogen and oxygen atoms in total. The lowest BCUT2D eigenvalue weighted by atomic mass is 10.1. The van der Waals surface area contributed by atoms with Gasteiger partial charge in [-0.3, -0.25) is 4.79 Å². The Morgan fingerprint density at radius 2 is 2.32 bits per heavy atom. The van der Waals surface area contributed by atoms with Crippen LogP contribution in [-0.2, 0) is 6.42 Å². The minimum Gasteiger partial charge on any atom is -0.493 e. The summed E-state index contributed by atoms with van der Waals surface area (Å²) in [5, 5.41) is 0. The highest BCUT2D eigenvalue weighted by molar-refractivity contribution is 7.80. The fourth-order valence-corrected chi connectivity index (χ4v) is 2.20. The lowest BCUT2D eigenvalue weighted by Crippen LogP contribution is -2.35. The molecule has 1 unspecified atom stereocenters. The Hall–Kier alpha value is -1.62. The molecule has 0 bridgehead atoms. The summed E-state index contributed by atoms with van der Waals surface area (Å²) in [5.74, 6) is 0.884. The number of fused-ring (bicyclic) bond motifs is 1. The van der Waals surface area contributed by atoms with Gasteiger partial charge in [0, 0.05) is 31.5 Å². The maximum absolute atomic E-state index is 12.3. The van der Waals surface area contributed by atoms with E-state index < -0.39 is 0 Å². The summed E-state index contributed by atoms with van der Waals surface area (Å²) < 4.78 is 5.43. The molecule has 0 spiro atoms. The van der Waals surface area contributed by atoms with Gasteiger partial charge in [-0.15, -0.1) is 0 Å². The molecule has 19 heavy (non-hydrogen) atoms. The average Bonchev–Trinajstić information content (AvgIpc) is 2.84. The number of rotatable bonds is 4. The van der Waals surface area contributed by atoms with Gasteiger partial charge in [-0.25, -0.2) is 0 Å². The van der Waals surface area contributed by atoms with Crippen molar-refractivity contribution in [3.63, 3.8) is 0 Å². The molecule has 2 N–H and O–H groups in total. The maximum atomic E-state index is 12.3. The van der Waals surface area contributed by atoms with Crippen molar-refractivity contribution < 1.29 is 9.53 Å². The number of nitrogens with two attached hydrogens (primary N) is 1. The molecule has 1 aromatic rings. The molecular formula is C14H18N2O2S. The van der Waals surface area contributed by atoms with Crippen LogP contribution in [0.2, 0.25) is 0 Å². The molecule has 1 amide bonds. The van der Waals surface area contributed by atoms with Crippen molar-refractivity contribution >= 4 is 23.1 Å². The summed E-state index contributed by atoms with van der Waals surface area (Å²) in [6, 6.07) is 5.57. The van der Waals surface area contributed by atoms with Crippen molar-refractivity contribution in [2.45, 2.75) is 13.3 Å². The summed E-state index contributed by atoms with van der Waals surface area (Å²) in [6.07, 6.45) is 0.865. The number of amides is 1. The van der Waals surface area contributed by atoms with Crippen LogP contribution in [0.5, 0.6) is 5.75 Å². The third kappa shape index (κ3) is 3.04. The molecule has 0 aliphatic carbocycles. The van der Waals surface area contributed by atoms with E-state index in [0.717, 1.165) is 17.7 Å². The second kappa shape index (κ2) is 5.57. The van der Waals surface area contributed by atoms with Crippen LogP contribution in [0.3, 0.4) is 0 Å². The fraction of sp³-hybridized carbons (Fsp3) is 0.429. The standard InChI is InChI=1S/C14H18N2O2S/c1-9(13(15)19)8-16(2)14(17)11-3-4-12-10(7-11)5-6-18-12/h3-4,7,9H,5-6,8H2,1-2H3,(H2,15,19). The highest BCUT2D eigenvalue weighted by atomic mass is 32.1. The van der Waals surface area contributed by atoms with Crippen LogP contribution < -0.4 is 10.5 Å². The zero-order valence-electron chi connectivity index (χ0n) is 11.2. The minimum absolute atomic E-state index is 0.0155. The van der Waals surface area contributed by atoms with E-state index >= 15 is 0 Å². The van der Waals surface area contributed by atoms with Gasteiger partial charge in [0.05, 0.1) is 11.6 Å². The van der Waals surface area contributed by atoms with Gasteiger partial charge in [0.1, 0.15) is 5.75 Å². The Balaban J connectivity index is 2.09. The number of thiocarbonyl (C=S) groups is 1. The number of ether oxygens (including phenoxy) is 1. The highest BCUT2D eigenvalue weighted by Gasteiger charge is 2.19. The summed E-state index contributed by atoms with van der Waals surface area (Å²) in [7, 11) is 1.76. The molecule has 5 heteroatoms. The third-order valence-corrected chi connectivity index (χ3v) is 3.72. The first kappa shape index (κ1) is 13.8. The largest absolute Gasteiger partial charge is 0.493 e. The van der Waals surface area contributed by atoms with Crippen LogP contribution in [0.1, 0.15) is 22.8 Å². The van der Waals surface area contributed by atoms with E-state index in [9.17, 15) is 4.79 Å². The van der Waals surface area contributed by atoms with E-state index in [1.54, 1.807) is 18.0 Å². The minimum atomic E-state index is -0.0159. The van der Waals surface area contributed by atoms with Gasteiger partial charge in [0.2, 0.25) is 0 Å². The van der Waals surface area contributed by atoms with E-state index in [4.69, 9.17) is 22.7 Å². The number of benzene rings is 1.